The third kappa shape index (κ3) is 3.92. The number of thiophene rings is 1. The summed E-state index contributed by atoms with van der Waals surface area (Å²) in [7, 11) is 3.77. The summed E-state index contributed by atoms with van der Waals surface area (Å²) < 4.78 is 0. The zero-order chi connectivity index (χ0) is 12.1. The summed E-state index contributed by atoms with van der Waals surface area (Å²) in [4.78, 5) is 14.3. The number of nitrogens with zero attached hydrogens (tertiary/aromatic N) is 1. The van der Waals surface area contributed by atoms with E-state index in [2.05, 4.69) is 5.32 Å². The van der Waals surface area contributed by atoms with Crippen LogP contribution in [0.2, 0.25) is 0 Å². The van der Waals surface area contributed by atoms with E-state index >= 15 is 0 Å². The van der Waals surface area contributed by atoms with Crippen LogP contribution in [-0.4, -0.2) is 49.2 Å². The summed E-state index contributed by atoms with van der Waals surface area (Å²) in [6.45, 7) is 2.74. The molecule has 1 unspecified atom stereocenters. The number of carbonyl (C=O) groups excluding carboxylic acids is 1. The van der Waals surface area contributed by atoms with Gasteiger partial charge in [0, 0.05) is 13.1 Å². The lowest BCUT2D eigenvalue weighted by Gasteiger charge is -2.16. The van der Waals surface area contributed by atoms with E-state index in [0.29, 0.717) is 6.54 Å². The molecule has 1 amide bonds. The Hall–Kier alpha value is -0.910. The minimum Gasteiger partial charge on any atom is -0.390 e. The summed E-state index contributed by atoms with van der Waals surface area (Å²) in [6, 6.07) is 1.91. The SMILES string of the molecule is Cc1ccsc1C(=O)NCC(O)CN(C)C. The first-order valence-corrected chi connectivity index (χ1v) is 6.03. The Morgan fingerprint density at radius 1 is 1.62 bits per heavy atom. The lowest BCUT2D eigenvalue weighted by Crippen LogP contribution is -2.37. The second-order valence-electron chi connectivity index (χ2n) is 4.06. The van der Waals surface area contributed by atoms with Crippen molar-refractivity contribution in [3.05, 3.63) is 21.9 Å². The summed E-state index contributed by atoms with van der Waals surface area (Å²) >= 11 is 1.42. The predicted octanol–water partition coefficient (Wildman–Crippen LogP) is 0.709. The molecule has 2 N–H and O–H groups in total. The molecule has 0 saturated heterocycles. The van der Waals surface area contributed by atoms with E-state index in [-0.39, 0.29) is 12.5 Å². The van der Waals surface area contributed by atoms with Crippen LogP contribution in [-0.2, 0) is 0 Å². The highest BCUT2D eigenvalue weighted by molar-refractivity contribution is 7.12. The molecule has 0 aliphatic carbocycles. The molecule has 0 spiro atoms. The minimum absolute atomic E-state index is 0.106. The first-order valence-electron chi connectivity index (χ1n) is 5.15. The molecule has 1 heterocycles. The number of likely N-dealkylation sites (N-methyl/N-ethyl adjacent to an activating group) is 1. The van der Waals surface area contributed by atoms with E-state index in [0.717, 1.165) is 10.4 Å². The van der Waals surface area contributed by atoms with Crippen molar-refractivity contribution in [3.8, 4) is 0 Å². The van der Waals surface area contributed by atoms with Gasteiger partial charge in [-0.15, -0.1) is 11.3 Å². The van der Waals surface area contributed by atoms with Crippen molar-refractivity contribution < 1.29 is 9.90 Å². The minimum atomic E-state index is -0.529. The first kappa shape index (κ1) is 13.2. The van der Waals surface area contributed by atoms with E-state index in [1.165, 1.54) is 11.3 Å². The molecule has 1 aromatic heterocycles. The molecule has 4 nitrogen and oxygen atoms in total. The van der Waals surface area contributed by atoms with Crippen LogP contribution in [0.25, 0.3) is 0 Å². The van der Waals surface area contributed by atoms with Gasteiger partial charge in [0.25, 0.3) is 5.91 Å². The van der Waals surface area contributed by atoms with Crippen LogP contribution in [0.15, 0.2) is 11.4 Å². The largest absolute Gasteiger partial charge is 0.390 e. The second kappa shape index (κ2) is 5.98. The van der Waals surface area contributed by atoms with Gasteiger partial charge in [0.15, 0.2) is 0 Å². The van der Waals surface area contributed by atoms with Crippen LogP contribution in [0.1, 0.15) is 15.2 Å². The van der Waals surface area contributed by atoms with Crippen LogP contribution >= 0.6 is 11.3 Å². The molecule has 16 heavy (non-hydrogen) atoms. The molecule has 0 aliphatic rings. The fourth-order valence-corrected chi connectivity index (χ4v) is 2.22. The number of aliphatic hydroxyl groups is 1. The van der Waals surface area contributed by atoms with Crippen LogP contribution in [0.3, 0.4) is 0 Å². The molecule has 1 atom stereocenters. The molecular weight excluding hydrogens is 224 g/mol. The molecule has 5 heteroatoms. The molecule has 0 aliphatic heterocycles. The van der Waals surface area contributed by atoms with Gasteiger partial charge in [-0.1, -0.05) is 0 Å². The summed E-state index contributed by atoms with van der Waals surface area (Å²) in [5.41, 5.74) is 0.976. The maximum absolute atomic E-state index is 11.7. The second-order valence-corrected chi connectivity index (χ2v) is 4.97. The summed E-state index contributed by atoms with van der Waals surface area (Å²) in [5.74, 6) is -0.106. The highest BCUT2D eigenvalue weighted by Crippen LogP contribution is 2.14. The maximum atomic E-state index is 11.7. The molecule has 90 valence electrons. The molecule has 1 rings (SSSR count). The number of carbonyl (C=O) groups is 1. The van der Waals surface area contributed by atoms with Crippen molar-refractivity contribution >= 4 is 17.2 Å². The lowest BCUT2D eigenvalue weighted by atomic mass is 10.2. The number of hydrogen-bond donors (Lipinski definition) is 2. The van der Waals surface area contributed by atoms with Crippen molar-refractivity contribution in [1.29, 1.82) is 0 Å². The van der Waals surface area contributed by atoms with Crippen LogP contribution in [0, 0.1) is 6.92 Å². The highest BCUT2D eigenvalue weighted by Gasteiger charge is 2.12. The normalized spacial score (nSPS) is 12.8. The third-order valence-electron chi connectivity index (χ3n) is 2.14. The average Bonchev–Trinajstić information content (AvgIpc) is 2.60. The van der Waals surface area contributed by atoms with E-state index in [9.17, 15) is 9.90 Å². The smallest absolute Gasteiger partial charge is 0.261 e. The average molecular weight is 242 g/mol. The van der Waals surface area contributed by atoms with Gasteiger partial charge in [0.1, 0.15) is 0 Å². The maximum Gasteiger partial charge on any atom is 0.261 e. The van der Waals surface area contributed by atoms with Crippen molar-refractivity contribution in [2.24, 2.45) is 0 Å². The quantitative estimate of drug-likeness (QED) is 0.799. The molecule has 0 fully saturated rings. The van der Waals surface area contributed by atoms with E-state index in [1.807, 2.05) is 37.4 Å². The van der Waals surface area contributed by atoms with E-state index < -0.39 is 6.10 Å². The number of hydrogen-bond acceptors (Lipinski definition) is 4. The van der Waals surface area contributed by atoms with Crippen LogP contribution in [0.4, 0.5) is 0 Å². The van der Waals surface area contributed by atoms with Crippen LogP contribution < -0.4 is 5.32 Å². The highest BCUT2D eigenvalue weighted by atomic mass is 32.1. The van der Waals surface area contributed by atoms with Gasteiger partial charge >= 0.3 is 0 Å². The van der Waals surface area contributed by atoms with Crippen molar-refractivity contribution in [1.82, 2.24) is 10.2 Å². The van der Waals surface area contributed by atoms with Crippen molar-refractivity contribution in [3.63, 3.8) is 0 Å². The zero-order valence-electron chi connectivity index (χ0n) is 9.86. The number of aryl methyl sites for hydroxylation is 1. The summed E-state index contributed by atoms with van der Waals surface area (Å²) in [6.07, 6.45) is -0.529. The number of nitrogens with one attached hydrogen (secondary N) is 1. The Labute approximate surface area is 99.9 Å². The molecular formula is C11H18N2O2S. The predicted molar refractivity (Wildman–Crippen MR) is 66.0 cm³/mol. The molecule has 1 aromatic rings. The summed E-state index contributed by atoms with van der Waals surface area (Å²) in [5, 5.41) is 14.2. The van der Waals surface area contributed by atoms with Crippen LogP contribution in [0.5, 0.6) is 0 Å². The fraction of sp³-hybridized carbons (Fsp3) is 0.545. The van der Waals surface area contributed by atoms with Gasteiger partial charge < -0.3 is 15.3 Å². The molecule has 0 radical (unpaired) electrons. The fourth-order valence-electron chi connectivity index (χ4n) is 1.38. The molecule has 0 bridgehead atoms. The molecule has 0 aromatic carbocycles. The van der Waals surface area contributed by atoms with Gasteiger partial charge in [0.05, 0.1) is 11.0 Å². The standard InChI is InChI=1S/C11H18N2O2S/c1-8-4-5-16-10(8)11(15)12-6-9(14)7-13(2)3/h4-5,9,14H,6-7H2,1-3H3,(H,12,15). The Balaban J connectivity index is 2.39. The van der Waals surface area contributed by atoms with Crippen molar-refractivity contribution in [2.75, 3.05) is 27.2 Å². The number of aliphatic hydroxyl groups excluding tert-OH is 1. The zero-order valence-corrected chi connectivity index (χ0v) is 10.7. The molecule has 0 saturated carbocycles. The van der Waals surface area contributed by atoms with Gasteiger partial charge in [-0.05, 0) is 38.0 Å². The Morgan fingerprint density at radius 2 is 2.31 bits per heavy atom. The number of amides is 1. The topological polar surface area (TPSA) is 52.6 Å². The Morgan fingerprint density at radius 3 is 2.81 bits per heavy atom. The third-order valence-corrected chi connectivity index (χ3v) is 3.16. The number of rotatable bonds is 5. The van der Waals surface area contributed by atoms with E-state index in [1.54, 1.807) is 0 Å². The van der Waals surface area contributed by atoms with Gasteiger partial charge in [-0.3, -0.25) is 4.79 Å². The Bertz CT molecular complexity index is 350. The van der Waals surface area contributed by atoms with Gasteiger partial charge in [-0.25, -0.2) is 0 Å². The van der Waals surface area contributed by atoms with Gasteiger partial charge in [0.2, 0.25) is 0 Å². The lowest BCUT2D eigenvalue weighted by molar-refractivity contribution is 0.0895. The van der Waals surface area contributed by atoms with Crippen molar-refractivity contribution in [2.45, 2.75) is 13.0 Å². The Kier molecular flexibility index (Phi) is 4.92. The van der Waals surface area contributed by atoms with Gasteiger partial charge in [-0.2, -0.15) is 0 Å². The van der Waals surface area contributed by atoms with E-state index in [4.69, 9.17) is 0 Å². The first-order chi connectivity index (χ1) is 7.50. The monoisotopic (exact) mass is 242 g/mol.